The van der Waals surface area contributed by atoms with E-state index in [2.05, 4.69) is 5.32 Å². The van der Waals surface area contributed by atoms with E-state index in [1.807, 2.05) is 0 Å². The Morgan fingerprint density at radius 1 is 0.878 bits per heavy atom. The molecule has 1 N–H and O–H groups in total. The number of benzene rings is 3. The molecular weight excluding hydrogens is 575 g/mol. The second-order valence-electron chi connectivity index (χ2n) is 9.55. The Morgan fingerprint density at radius 2 is 1.56 bits per heavy atom. The number of alkyl halides is 3. The first-order valence-corrected chi connectivity index (χ1v) is 14.2. The molecule has 3 heterocycles. The van der Waals surface area contributed by atoms with Crippen molar-refractivity contribution in [2.45, 2.75) is 28.9 Å². The monoisotopic (exact) mass is 595 g/mol. The average molecular weight is 596 g/mol. The Labute approximate surface area is 239 Å². The predicted octanol–water partition coefficient (Wildman–Crippen LogP) is 5.36. The summed E-state index contributed by atoms with van der Waals surface area (Å²) >= 11 is 1.90. The number of anilines is 2. The van der Waals surface area contributed by atoms with Crippen molar-refractivity contribution in [3.05, 3.63) is 111 Å². The number of aromatic nitrogens is 1. The molecule has 1 fully saturated rings. The maximum atomic E-state index is 13.8. The maximum absolute atomic E-state index is 13.8. The van der Waals surface area contributed by atoms with E-state index in [0.29, 0.717) is 21.2 Å². The summed E-state index contributed by atoms with van der Waals surface area (Å²) in [6.07, 6.45) is -4.66. The largest absolute Gasteiger partial charge is 0.416 e. The number of fused-ring (bicyclic) bond motifs is 2. The number of nitrogens with zero attached hydrogens (tertiary/aromatic N) is 2. The van der Waals surface area contributed by atoms with E-state index in [1.165, 1.54) is 10.6 Å². The summed E-state index contributed by atoms with van der Waals surface area (Å²) in [4.78, 5) is 54.5. The van der Waals surface area contributed by atoms with E-state index >= 15 is 0 Å². The van der Waals surface area contributed by atoms with E-state index in [9.17, 15) is 32.3 Å². The minimum absolute atomic E-state index is 0.167. The summed E-state index contributed by atoms with van der Waals surface area (Å²) in [5.41, 5.74) is 0.0887. The fraction of sp³-hybridized carbons (Fsp3) is 0.172. The molecule has 3 aromatic carbocycles. The van der Waals surface area contributed by atoms with Crippen LogP contribution in [0.1, 0.15) is 21.9 Å². The van der Waals surface area contributed by atoms with Crippen molar-refractivity contribution in [1.29, 1.82) is 0 Å². The van der Waals surface area contributed by atoms with Crippen LogP contribution in [0.4, 0.5) is 24.5 Å². The van der Waals surface area contributed by atoms with Gasteiger partial charge in [-0.25, -0.2) is 4.90 Å². The fourth-order valence-corrected chi connectivity index (χ4v) is 7.99. The average Bonchev–Trinajstić information content (AvgIpc) is 3.39. The zero-order valence-electron chi connectivity index (χ0n) is 21.0. The van der Waals surface area contributed by atoms with Crippen molar-refractivity contribution >= 4 is 52.2 Å². The number of rotatable bonds is 5. The molecule has 4 aromatic rings. The number of thioether (sulfide) groups is 1. The summed E-state index contributed by atoms with van der Waals surface area (Å²) in [6.45, 7) is -0.315. The first-order valence-electron chi connectivity index (χ1n) is 12.5. The molecule has 1 saturated heterocycles. The molecular formula is C29H20F3N3O4S2. The number of imide groups is 1. The minimum atomic E-state index is -4.66. The molecule has 2 aliphatic rings. The summed E-state index contributed by atoms with van der Waals surface area (Å²) in [5.74, 6) is -3.42. The highest BCUT2D eigenvalue weighted by molar-refractivity contribution is 8.00. The SMILES string of the molecule is O=C(Cn1c2c(sc1=O)[C@@H](c1ccccc1)C1C(=O)N(c3cccc(C(F)(F)F)c3)C(=O)C1S2)Nc1ccccc1. The lowest BCUT2D eigenvalue weighted by atomic mass is 9.83. The summed E-state index contributed by atoms with van der Waals surface area (Å²) in [6, 6.07) is 21.7. The molecule has 1 aromatic heterocycles. The van der Waals surface area contributed by atoms with Crippen molar-refractivity contribution in [2.24, 2.45) is 5.92 Å². The van der Waals surface area contributed by atoms with Gasteiger partial charge in [0.05, 0.1) is 22.2 Å². The van der Waals surface area contributed by atoms with Crippen molar-refractivity contribution in [3.63, 3.8) is 0 Å². The Kier molecular flexibility index (Phi) is 6.82. The van der Waals surface area contributed by atoms with Crippen LogP contribution in [0, 0.1) is 5.92 Å². The van der Waals surface area contributed by atoms with Crippen molar-refractivity contribution in [1.82, 2.24) is 4.57 Å². The molecule has 208 valence electrons. The number of amides is 3. The molecule has 0 bridgehead atoms. The van der Waals surface area contributed by atoms with Gasteiger partial charge >= 0.3 is 11.0 Å². The highest BCUT2D eigenvalue weighted by Gasteiger charge is 2.57. The Balaban J connectivity index is 1.41. The van der Waals surface area contributed by atoms with Crippen molar-refractivity contribution in [3.8, 4) is 0 Å². The van der Waals surface area contributed by atoms with E-state index in [4.69, 9.17) is 0 Å². The van der Waals surface area contributed by atoms with Crippen LogP contribution >= 0.6 is 23.1 Å². The molecule has 6 rings (SSSR count). The molecule has 7 nitrogen and oxygen atoms in total. The molecule has 3 atom stereocenters. The molecule has 12 heteroatoms. The number of hydrogen-bond acceptors (Lipinski definition) is 6. The van der Waals surface area contributed by atoms with Gasteiger partial charge in [-0.05, 0) is 35.9 Å². The zero-order valence-corrected chi connectivity index (χ0v) is 22.6. The van der Waals surface area contributed by atoms with E-state index < -0.39 is 51.4 Å². The van der Waals surface area contributed by atoms with Gasteiger partial charge in [0.25, 0.3) is 0 Å². The minimum Gasteiger partial charge on any atom is -0.325 e. The molecule has 0 aliphatic carbocycles. The molecule has 2 aliphatic heterocycles. The molecule has 0 radical (unpaired) electrons. The second kappa shape index (κ2) is 10.3. The number of carbonyl (C=O) groups is 3. The summed E-state index contributed by atoms with van der Waals surface area (Å²) < 4.78 is 41.6. The summed E-state index contributed by atoms with van der Waals surface area (Å²) in [5, 5.41) is 2.13. The van der Waals surface area contributed by atoms with Crippen LogP contribution in [0.5, 0.6) is 0 Å². The molecule has 0 spiro atoms. The van der Waals surface area contributed by atoms with E-state index in [1.54, 1.807) is 60.7 Å². The van der Waals surface area contributed by atoms with Crippen LogP contribution in [0.25, 0.3) is 0 Å². The van der Waals surface area contributed by atoms with Gasteiger partial charge in [0.15, 0.2) is 0 Å². The number of nitrogens with one attached hydrogen (secondary N) is 1. The van der Waals surface area contributed by atoms with E-state index in [-0.39, 0.29) is 12.2 Å². The van der Waals surface area contributed by atoms with Gasteiger partial charge in [0.1, 0.15) is 11.8 Å². The third-order valence-corrected chi connectivity index (χ3v) is 9.60. The lowest BCUT2D eigenvalue weighted by Crippen LogP contribution is -2.33. The van der Waals surface area contributed by atoms with Crippen LogP contribution < -0.4 is 15.1 Å². The molecule has 0 saturated carbocycles. The van der Waals surface area contributed by atoms with Gasteiger partial charge in [-0.15, -0.1) is 0 Å². The van der Waals surface area contributed by atoms with Crippen LogP contribution in [0.3, 0.4) is 0 Å². The number of para-hydroxylation sites is 1. The fourth-order valence-electron chi connectivity index (χ4n) is 5.22. The normalized spacial score (nSPS) is 20.1. The zero-order chi connectivity index (χ0) is 28.9. The van der Waals surface area contributed by atoms with Gasteiger partial charge in [0.2, 0.25) is 17.7 Å². The van der Waals surface area contributed by atoms with Crippen molar-refractivity contribution < 1.29 is 27.6 Å². The smallest absolute Gasteiger partial charge is 0.325 e. The van der Waals surface area contributed by atoms with Gasteiger partial charge in [-0.2, -0.15) is 13.2 Å². The maximum Gasteiger partial charge on any atom is 0.416 e. The number of carbonyl (C=O) groups excluding carboxylic acids is 3. The van der Waals surface area contributed by atoms with Gasteiger partial charge in [0, 0.05) is 16.5 Å². The highest BCUT2D eigenvalue weighted by Crippen LogP contribution is 2.54. The quantitative estimate of drug-likeness (QED) is 0.314. The van der Waals surface area contributed by atoms with Crippen molar-refractivity contribution in [2.75, 3.05) is 10.2 Å². The van der Waals surface area contributed by atoms with Crippen LogP contribution in [-0.4, -0.2) is 27.5 Å². The number of halogens is 3. The molecule has 2 unspecified atom stereocenters. The van der Waals surface area contributed by atoms with Gasteiger partial charge in [-0.1, -0.05) is 77.7 Å². The number of hydrogen-bond donors (Lipinski definition) is 1. The predicted molar refractivity (Wildman–Crippen MR) is 149 cm³/mol. The Morgan fingerprint density at radius 3 is 2.24 bits per heavy atom. The van der Waals surface area contributed by atoms with Crippen LogP contribution in [-0.2, 0) is 27.1 Å². The second-order valence-corrected chi connectivity index (χ2v) is 11.7. The van der Waals surface area contributed by atoms with E-state index in [0.717, 1.165) is 46.2 Å². The van der Waals surface area contributed by atoms with Crippen LogP contribution in [0.2, 0.25) is 0 Å². The first kappa shape index (κ1) is 27.0. The lowest BCUT2D eigenvalue weighted by Gasteiger charge is -2.30. The Bertz CT molecular complexity index is 1720. The van der Waals surface area contributed by atoms with Crippen LogP contribution in [0.15, 0.2) is 94.7 Å². The molecule has 3 amide bonds. The third kappa shape index (κ3) is 4.87. The first-order chi connectivity index (χ1) is 19.6. The lowest BCUT2D eigenvalue weighted by molar-refractivity contribution is -0.137. The van der Waals surface area contributed by atoms with Gasteiger partial charge in [-0.3, -0.25) is 23.7 Å². The highest BCUT2D eigenvalue weighted by atomic mass is 32.2. The third-order valence-electron chi connectivity index (χ3n) is 7.00. The Hall–Kier alpha value is -4.16. The topological polar surface area (TPSA) is 88.5 Å². The number of thiazole rings is 1. The van der Waals surface area contributed by atoms with Gasteiger partial charge < -0.3 is 5.32 Å². The molecule has 41 heavy (non-hydrogen) atoms. The standard InChI is InChI=1S/C29H20F3N3O4S2/c30-29(31,32)17-10-7-13-19(14-17)35-25(37)22-21(16-8-3-1-4-9-16)24-27(40-23(22)26(35)38)34(28(39)41-24)15-20(36)33-18-11-5-2-6-12-18/h1-14,21-23H,15H2,(H,33,36)/t21-,22?,23?/m0/s1. The summed E-state index contributed by atoms with van der Waals surface area (Å²) in [7, 11) is 0.